The first-order valence-corrected chi connectivity index (χ1v) is 2.30. The highest BCUT2D eigenvalue weighted by Crippen LogP contribution is 1.85. The first-order valence-electron chi connectivity index (χ1n) is 2.30. The summed E-state index contributed by atoms with van der Waals surface area (Å²) in [7, 11) is -2.24. The average Bonchev–Trinajstić information content (AvgIpc) is 1.58. The van der Waals surface area contributed by atoms with Crippen molar-refractivity contribution in [1.82, 2.24) is 0 Å². The molecule has 3 N–H and O–H groups in total. The Labute approximate surface area is 56.2 Å². The lowest BCUT2D eigenvalue weighted by atomic mass is 10.2. The number of hydrogen-bond acceptors (Lipinski definition) is 5. The Morgan fingerprint density at radius 1 is 1.40 bits per heavy atom. The Hall–Kier alpha value is -1.08. The second kappa shape index (κ2) is 3.86. The fourth-order valence-electron chi connectivity index (χ4n) is 0.283. The van der Waals surface area contributed by atoms with Crippen LogP contribution in [0.15, 0.2) is 0 Å². The van der Waals surface area contributed by atoms with Crippen molar-refractivity contribution >= 4 is 19.3 Å². The maximum atomic E-state index is 10.1. The molecule has 10 heavy (non-hydrogen) atoms. The van der Waals surface area contributed by atoms with Gasteiger partial charge < -0.3 is 19.8 Å². The summed E-state index contributed by atoms with van der Waals surface area (Å²) in [5, 5.41) is 23.8. The Bertz CT molecular complexity index is 142. The van der Waals surface area contributed by atoms with Gasteiger partial charge in [-0.1, -0.05) is 0 Å². The standard InChI is InChI=1S/C3H5BO6/c5-2(6)1-3(7)10-4(8)9/h8-9H,1H2,(H,5,6). The van der Waals surface area contributed by atoms with E-state index < -0.39 is 25.7 Å². The molecule has 7 heteroatoms. The van der Waals surface area contributed by atoms with E-state index in [0.717, 1.165) is 0 Å². The van der Waals surface area contributed by atoms with Gasteiger partial charge in [0.1, 0.15) is 6.42 Å². The molecule has 0 aliphatic heterocycles. The molecule has 0 fully saturated rings. The van der Waals surface area contributed by atoms with Crippen LogP contribution >= 0.6 is 0 Å². The SMILES string of the molecule is O=C(O)CC(=O)OB(O)O. The van der Waals surface area contributed by atoms with Crippen molar-refractivity contribution in [3.63, 3.8) is 0 Å². The van der Waals surface area contributed by atoms with Gasteiger partial charge in [-0.05, 0) is 0 Å². The maximum absolute atomic E-state index is 10.1. The third kappa shape index (κ3) is 5.07. The summed E-state index contributed by atoms with van der Waals surface area (Å²) in [6, 6.07) is 0. The van der Waals surface area contributed by atoms with Crippen molar-refractivity contribution in [2.24, 2.45) is 0 Å². The second-order valence-electron chi connectivity index (χ2n) is 1.39. The van der Waals surface area contributed by atoms with Crippen molar-refractivity contribution in [2.45, 2.75) is 6.42 Å². The molecule has 0 radical (unpaired) electrons. The van der Waals surface area contributed by atoms with E-state index in [0.29, 0.717) is 0 Å². The number of aliphatic carboxylic acids is 1. The molecule has 0 aromatic heterocycles. The van der Waals surface area contributed by atoms with Gasteiger partial charge in [0.05, 0.1) is 0 Å². The third-order valence-corrected chi connectivity index (χ3v) is 0.532. The van der Waals surface area contributed by atoms with Crippen molar-refractivity contribution in [3.05, 3.63) is 0 Å². The summed E-state index contributed by atoms with van der Waals surface area (Å²) >= 11 is 0. The third-order valence-electron chi connectivity index (χ3n) is 0.532. The molecule has 0 unspecified atom stereocenters. The van der Waals surface area contributed by atoms with Gasteiger partial charge in [0, 0.05) is 0 Å². The summed E-state index contributed by atoms with van der Waals surface area (Å²) < 4.78 is 3.65. The molecule has 0 saturated carbocycles. The number of carbonyl (C=O) groups is 2. The molecule has 0 aromatic rings. The molecule has 0 amide bonds. The molecule has 56 valence electrons. The summed E-state index contributed by atoms with van der Waals surface area (Å²) in [4.78, 5) is 19.9. The average molecular weight is 148 g/mol. The van der Waals surface area contributed by atoms with Crippen LogP contribution in [0.25, 0.3) is 0 Å². The highest BCUT2D eigenvalue weighted by Gasteiger charge is 2.17. The van der Waals surface area contributed by atoms with E-state index in [4.69, 9.17) is 15.2 Å². The quantitative estimate of drug-likeness (QED) is 0.315. The number of hydrogen-bond donors (Lipinski definition) is 3. The van der Waals surface area contributed by atoms with Crippen LogP contribution in [0, 0.1) is 0 Å². The lowest BCUT2D eigenvalue weighted by molar-refractivity contribution is -0.146. The minimum Gasteiger partial charge on any atom is -0.485 e. The van der Waals surface area contributed by atoms with E-state index >= 15 is 0 Å². The van der Waals surface area contributed by atoms with E-state index in [-0.39, 0.29) is 0 Å². The van der Waals surface area contributed by atoms with Crippen LogP contribution in [-0.2, 0) is 14.2 Å². The van der Waals surface area contributed by atoms with Crippen LogP contribution in [0.3, 0.4) is 0 Å². The van der Waals surface area contributed by atoms with Gasteiger partial charge in [-0.15, -0.1) is 0 Å². The summed E-state index contributed by atoms with van der Waals surface area (Å²) in [6.07, 6.45) is -0.877. The minimum absolute atomic E-state index is 0.877. The van der Waals surface area contributed by atoms with Crippen LogP contribution in [0.2, 0.25) is 0 Å². The van der Waals surface area contributed by atoms with E-state index in [1.165, 1.54) is 0 Å². The molecule has 0 rings (SSSR count). The fraction of sp³-hybridized carbons (Fsp3) is 0.333. The lowest BCUT2D eigenvalue weighted by Gasteiger charge is -1.98. The molecule has 6 nitrogen and oxygen atoms in total. The molecule has 0 aliphatic rings. The van der Waals surface area contributed by atoms with E-state index in [1.54, 1.807) is 0 Å². The smallest absolute Gasteiger partial charge is 0.485 e. The van der Waals surface area contributed by atoms with Gasteiger partial charge in [-0.2, -0.15) is 0 Å². The minimum atomic E-state index is -2.24. The molecule has 0 spiro atoms. The van der Waals surface area contributed by atoms with Gasteiger partial charge in [-0.3, -0.25) is 9.59 Å². The molecule has 0 aliphatic carbocycles. The van der Waals surface area contributed by atoms with Gasteiger partial charge >= 0.3 is 19.3 Å². The van der Waals surface area contributed by atoms with Crippen molar-refractivity contribution in [2.75, 3.05) is 0 Å². The van der Waals surface area contributed by atoms with Crippen molar-refractivity contribution in [3.8, 4) is 0 Å². The molecule has 0 aromatic carbocycles. The normalized spacial score (nSPS) is 8.60. The van der Waals surface area contributed by atoms with Gasteiger partial charge in [0.15, 0.2) is 0 Å². The molecular weight excluding hydrogens is 143 g/mol. The van der Waals surface area contributed by atoms with Crippen LogP contribution < -0.4 is 0 Å². The van der Waals surface area contributed by atoms with Crippen molar-refractivity contribution < 1.29 is 29.4 Å². The predicted octanol–water partition coefficient (Wildman–Crippen LogP) is -2.03. The zero-order chi connectivity index (χ0) is 8.15. The fourth-order valence-corrected chi connectivity index (χ4v) is 0.283. The van der Waals surface area contributed by atoms with Gasteiger partial charge in [0.25, 0.3) is 0 Å². The molecular formula is C3H5BO6. The van der Waals surface area contributed by atoms with E-state index in [2.05, 4.69) is 4.65 Å². The zero-order valence-corrected chi connectivity index (χ0v) is 4.85. The second-order valence-corrected chi connectivity index (χ2v) is 1.39. The predicted molar refractivity (Wildman–Crippen MR) is 28.5 cm³/mol. The molecule has 0 heterocycles. The van der Waals surface area contributed by atoms with Crippen LogP contribution in [0.5, 0.6) is 0 Å². The topological polar surface area (TPSA) is 104 Å². The van der Waals surface area contributed by atoms with Crippen LogP contribution in [0.4, 0.5) is 0 Å². The zero-order valence-electron chi connectivity index (χ0n) is 4.85. The van der Waals surface area contributed by atoms with Crippen LogP contribution in [-0.4, -0.2) is 34.4 Å². The van der Waals surface area contributed by atoms with E-state index in [1.807, 2.05) is 0 Å². The summed E-state index contributed by atoms with van der Waals surface area (Å²) in [5.41, 5.74) is 0. The molecule has 0 bridgehead atoms. The number of carbonyl (C=O) groups excluding carboxylic acids is 1. The van der Waals surface area contributed by atoms with Gasteiger partial charge in [-0.25, -0.2) is 0 Å². The summed E-state index contributed by atoms with van der Waals surface area (Å²) in [6.45, 7) is 0. The first-order chi connectivity index (χ1) is 4.52. The Balaban J connectivity index is 3.54. The van der Waals surface area contributed by atoms with Crippen molar-refractivity contribution in [1.29, 1.82) is 0 Å². The Kier molecular flexibility index (Phi) is 3.44. The Morgan fingerprint density at radius 2 is 1.90 bits per heavy atom. The number of carboxylic acids is 1. The monoisotopic (exact) mass is 148 g/mol. The lowest BCUT2D eigenvalue weighted by Crippen LogP contribution is -2.23. The highest BCUT2D eigenvalue weighted by molar-refractivity contribution is 6.36. The van der Waals surface area contributed by atoms with Crippen LogP contribution in [0.1, 0.15) is 6.42 Å². The summed E-state index contributed by atoms with van der Waals surface area (Å²) in [5.74, 6) is -2.58. The maximum Gasteiger partial charge on any atom is 0.709 e. The highest BCUT2D eigenvalue weighted by atomic mass is 16.6. The first kappa shape index (κ1) is 8.92. The molecule has 0 atom stereocenters. The largest absolute Gasteiger partial charge is 0.709 e. The van der Waals surface area contributed by atoms with Gasteiger partial charge in [0.2, 0.25) is 0 Å². The van der Waals surface area contributed by atoms with E-state index in [9.17, 15) is 9.59 Å². The number of rotatable bonds is 3. The Morgan fingerprint density at radius 3 is 2.20 bits per heavy atom. The molecule has 0 saturated heterocycles. The number of carboxylic acid groups (broad SMARTS) is 1.